The molecule has 0 bridgehead atoms. The minimum atomic E-state index is 0.0449. The van der Waals surface area contributed by atoms with Crippen LogP contribution in [-0.2, 0) is 4.79 Å². The lowest BCUT2D eigenvalue weighted by atomic mass is 9.96. The zero-order valence-corrected chi connectivity index (χ0v) is 15.2. The van der Waals surface area contributed by atoms with Gasteiger partial charge in [-0.1, -0.05) is 30.3 Å². The molecular formula is C20H25NOS. The summed E-state index contributed by atoms with van der Waals surface area (Å²) in [6, 6.07) is 14.6. The van der Waals surface area contributed by atoms with E-state index in [2.05, 4.69) is 57.3 Å². The highest BCUT2D eigenvalue weighted by Crippen LogP contribution is 2.22. The molecule has 0 heterocycles. The third-order valence-electron chi connectivity index (χ3n) is 4.07. The first-order valence-corrected chi connectivity index (χ1v) is 9.01. The molecule has 0 aliphatic heterocycles. The van der Waals surface area contributed by atoms with Crippen LogP contribution in [0.1, 0.15) is 41.6 Å². The minimum Gasteiger partial charge on any atom is -0.350 e. The summed E-state index contributed by atoms with van der Waals surface area (Å²) < 4.78 is 0. The molecule has 1 unspecified atom stereocenters. The van der Waals surface area contributed by atoms with Crippen molar-refractivity contribution in [2.75, 3.05) is 5.75 Å². The van der Waals surface area contributed by atoms with Gasteiger partial charge in [0.2, 0.25) is 5.91 Å². The van der Waals surface area contributed by atoms with E-state index in [9.17, 15) is 4.79 Å². The highest BCUT2D eigenvalue weighted by molar-refractivity contribution is 7.99. The van der Waals surface area contributed by atoms with Gasteiger partial charge in [0.25, 0.3) is 0 Å². The molecule has 2 rings (SSSR count). The quantitative estimate of drug-likeness (QED) is 0.759. The van der Waals surface area contributed by atoms with E-state index in [1.165, 1.54) is 27.1 Å². The van der Waals surface area contributed by atoms with Gasteiger partial charge in [-0.25, -0.2) is 0 Å². The van der Waals surface area contributed by atoms with Crippen molar-refractivity contribution in [3.05, 3.63) is 64.7 Å². The largest absolute Gasteiger partial charge is 0.350 e. The van der Waals surface area contributed by atoms with E-state index in [-0.39, 0.29) is 11.9 Å². The molecule has 2 aromatic rings. The number of amides is 1. The topological polar surface area (TPSA) is 29.1 Å². The molecule has 23 heavy (non-hydrogen) atoms. The number of aryl methyl sites for hydroxylation is 3. The van der Waals surface area contributed by atoms with Crippen molar-refractivity contribution in [3.63, 3.8) is 0 Å². The number of rotatable bonds is 6. The molecule has 1 N–H and O–H groups in total. The van der Waals surface area contributed by atoms with Crippen LogP contribution in [0.2, 0.25) is 0 Å². The molecule has 0 spiro atoms. The average Bonchev–Trinajstić information content (AvgIpc) is 2.51. The standard InChI is InChI=1S/C20H25NOS/c1-14-12-16(3)19(13-15(14)2)17(4)21-20(22)10-11-23-18-8-6-5-7-9-18/h5-9,12-13,17H,10-11H2,1-4H3,(H,21,22). The Morgan fingerprint density at radius 2 is 1.70 bits per heavy atom. The van der Waals surface area contributed by atoms with Crippen LogP contribution in [0, 0.1) is 20.8 Å². The highest BCUT2D eigenvalue weighted by atomic mass is 32.2. The van der Waals surface area contributed by atoms with Crippen molar-refractivity contribution in [2.45, 2.75) is 45.1 Å². The van der Waals surface area contributed by atoms with Crippen molar-refractivity contribution < 1.29 is 4.79 Å². The van der Waals surface area contributed by atoms with E-state index < -0.39 is 0 Å². The molecule has 2 aromatic carbocycles. The van der Waals surface area contributed by atoms with Crippen LogP contribution in [0.5, 0.6) is 0 Å². The first kappa shape index (κ1) is 17.6. The van der Waals surface area contributed by atoms with E-state index in [0.717, 1.165) is 5.75 Å². The molecule has 0 radical (unpaired) electrons. The van der Waals surface area contributed by atoms with Crippen molar-refractivity contribution in [3.8, 4) is 0 Å². The minimum absolute atomic E-state index is 0.0449. The monoisotopic (exact) mass is 327 g/mol. The smallest absolute Gasteiger partial charge is 0.221 e. The summed E-state index contributed by atoms with van der Waals surface area (Å²) in [5.74, 6) is 0.910. The second kappa shape index (κ2) is 8.21. The van der Waals surface area contributed by atoms with E-state index in [1.54, 1.807) is 11.8 Å². The molecule has 1 amide bonds. The zero-order chi connectivity index (χ0) is 16.8. The zero-order valence-electron chi connectivity index (χ0n) is 14.3. The molecule has 0 fully saturated rings. The number of hydrogen-bond donors (Lipinski definition) is 1. The second-order valence-corrected chi connectivity index (χ2v) is 7.16. The summed E-state index contributed by atoms with van der Waals surface area (Å²) in [5, 5.41) is 3.12. The average molecular weight is 327 g/mol. The number of nitrogens with one attached hydrogen (secondary N) is 1. The van der Waals surface area contributed by atoms with E-state index >= 15 is 0 Å². The van der Waals surface area contributed by atoms with Gasteiger partial charge in [-0.3, -0.25) is 4.79 Å². The molecule has 122 valence electrons. The molecule has 3 heteroatoms. The van der Waals surface area contributed by atoms with Crippen molar-refractivity contribution >= 4 is 17.7 Å². The highest BCUT2D eigenvalue weighted by Gasteiger charge is 2.12. The van der Waals surface area contributed by atoms with Crippen LogP contribution in [0.3, 0.4) is 0 Å². The van der Waals surface area contributed by atoms with Crippen LogP contribution >= 0.6 is 11.8 Å². The van der Waals surface area contributed by atoms with E-state index in [1.807, 2.05) is 18.2 Å². The third kappa shape index (κ3) is 5.14. The van der Waals surface area contributed by atoms with Gasteiger partial charge in [0.05, 0.1) is 6.04 Å². The predicted molar refractivity (Wildman–Crippen MR) is 99.0 cm³/mol. The summed E-state index contributed by atoms with van der Waals surface area (Å²) in [4.78, 5) is 13.4. The molecule has 2 nitrogen and oxygen atoms in total. The molecule has 1 atom stereocenters. The van der Waals surface area contributed by atoms with E-state index in [4.69, 9.17) is 0 Å². The Labute approximate surface area is 143 Å². The second-order valence-electron chi connectivity index (χ2n) is 5.99. The maximum absolute atomic E-state index is 12.2. The predicted octanol–water partition coefficient (Wildman–Crippen LogP) is 4.97. The molecular weight excluding hydrogens is 302 g/mol. The summed E-state index contributed by atoms with van der Waals surface area (Å²) in [7, 11) is 0. The lowest BCUT2D eigenvalue weighted by molar-refractivity contribution is -0.121. The normalized spacial score (nSPS) is 12.0. The summed E-state index contributed by atoms with van der Waals surface area (Å²) in [6.07, 6.45) is 0.536. The van der Waals surface area contributed by atoms with Crippen molar-refractivity contribution in [1.82, 2.24) is 5.32 Å². The SMILES string of the molecule is Cc1cc(C)c(C(C)NC(=O)CCSc2ccccc2)cc1C. The molecule has 0 aromatic heterocycles. The Morgan fingerprint density at radius 3 is 2.39 bits per heavy atom. The maximum Gasteiger partial charge on any atom is 0.221 e. The summed E-state index contributed by atoms with van der Waals surface area (Å²) >= 11 is 1.72. The molecule has 0 aliphatic carbocycles. The van der Waals surface area contributed by atoms with Gasteiger partial charge in [0.1, 0.15) is 0 Å². The third-order valence-corrected chi connectivity index (χ3v) is 5.08. The lowest BCUT2D eigenvalue weighted by Crippen LogP contribution is -2.27. The first-order valence-electron chi connectivity index (χ1n) is 8.02. The Bertz CT molecular complexity index is 667. The van der Waals surface area contributed by atoms with Crippen LogP contribution < -0.4 is 5.32 Å². The van der Waals surface area contributed by atoms with Crippen LogP contribution in [-0.4, -0.2) is 11.7 Å². The number of thioether (sulfide) groups is 1. The number of carbonyl (C=O) groups excluding carboxylic acids is 1. The van der Waals surface area contributed by atoms with Gasteiger partial charge in [0, 0.05) is 17.1 Å². The Kier molecular flexibility index (Phi) is 6.28. The van der Waals surface area contributed by atoms with Crippen LogP contribution in [0.15, 0.2) is 47.4 Å². The first-order chi connectivity index (χ1) is 11.0. The van der Waals surface area contributed by atoms with Crippen molar-refractivity contribution in [2.24, 2.45) is 0 Å². The van der Waals surface area contributed by atoms with Gasteiger partial charge < -0.3 is 5.32 Å². The number of carbonyl (C=O) groups is 1. The van der Waals surface area contributed by atoms with E-state index in [0.29, 0.717) is 6.42 Å². The van der Waals surface area contributed by atoms with Gasteiger partial charge in [-0.2, -0.15) is 0 Å². The van der Waals surface area contributed by atoms with Gasteiger partial charge >= 0.3 is 0 Å². The Hall–Kier alpha value is -1.74. The molecule has 0 saturated heterocycles. The van der Waals surface area contributed by atoms with Gasteiger partial charge in [0.15, 0.2) is 0 Å². The number of benzene rings is 2. The van der Waals surface area contributed by atoms with Crippen molar-refractivity contribution in [1.29, 1.82) is 0 Å². The maximum atomic E-state index is 12.2. The van der Waals surface area contributed by atoms with Gasteiger partial charge in [-0.15, -0.1) is 11.8 Å². The van der Waals surface area contributed by atoms with Crippen LogP contribution in [0.4, 0.5) is 0 Å². The fourth-order valence-electron chi connectivity index (χ4n) is 2.62. The Balaban J connectivity index is 1.86. The molecule has 0 aliphatic rings. The number of hydrogen-bond acceptors (Lipinski definition) is 2. The van der Waals surface area contributed by atoms with Crippen LogP contribution in [0.25, 0.3) is 0 Å². The Morgan fingerprint density at radius 1 is 1.04 bits per heavy atom. The summed E-state index contributed by atoms with van der Waals surface area (Å²) in [5.41, 5.74) is 5.01. The molecule has 0 saturated carbocycles. The fourth-order valence-corrected chi connectivity index (χ4v) is 3.49. The van der Waals surface area contributed by atoms with Gasteiger partial charge in [-0.05, 0) is 62.1 Å². The fraction of sp³-hybridized carbons (Fsp3) is 0.350. The summed E-state index contributed by atoms with van der Waals surface area (Å²) in [6.45, 7) is 8.40. The lowest BCUT2D eigenvalue weighted by Gasteiger charge is -2.18.